The van der Waals surface area contributed by atoms with Crippen molar-refractivity contribution in [2.75, 3.05) is 0 Å². The molecule has 30 heavy (non-hydrogen) atoms. The molecule has 1 rings (SSSR count). The molecule has 176 valence electrons. The van der Waals surface area contributed by atoms with Gasteiger partial charge in [-0.2, -0.15) is 0 Å². The van der Waals surface area contributed by atoms with Crippen molar-refractivity contribution in [1.82, 2.24) is 0 Å². The summed E-state index contributed by atoms with van der Waals surface area (Å²) in [6, 6.07) is 0. The molecule has 0 spiro atoms. The lowest BCUT2D eigenvalue weighted by Gasteiger charge is -2.03. The number of unbranched alkanes of at least 4 members (excludes halogenated alkanes) is 14. The predicted molar refractivity (Wildman–Crippen MR) is 118 cm³/mol. The van der Waals surface area contributed by atoms with Gasteiger partial charge in [-0.05, 0) is 12.8 Å². The van der Waals surface area contributed by atoms with Crippen molar-refractivity contribution < 1.29 is 33.6 Å². The van der Waals surface area contributed by atoms with E-state index in [0.29, 0.717) is 0 Å². The van der Waals surface area contributed by atoms with Crippen molar-refractivity contribution in [2.24, 2.45) is 5.92 Å². The molecule has 1 aliphatic rings. The number of allylic oxidation sites excluding steroid dienone is 1. The van der Waals surface area contributed by atoms with Crippen LogP contribution in [0.3, 0.4) is 0 Å². The van der Waals surface area contributed by atoms with Gasteiger partial charge in [-0.25, -0.2) is 4.57 Å². The number of ether oxygens (including phenoxy) is 1. The molecule has 1 atom stereocenters. The van der Waals surface area contributed by atoms with Crippen LogP contribution in [0.5, 0.6) is 0 Å². The van der Waals surface area contributed by atoms with Crippen LogP contribution in [0.2, 0.25) is 0 Å². The summed E-state index contributed by atoms with van der Waals surface area (Å²) in [6.07, 6.45) is 24.2. The highest BCUT2D eigenvalue weighted by Gasteiger charge is 2.30. The third kappa shape index (κ3) is 21.7. The minimum Gasteiger partial charge on any atom is -0.393 e. The maximum Gasteiger partial charge on any atom is 0.466 e. The number of esters is 2. The van der Waals surface area contributed by atoms with E-state index in [1.165, 1.54) is 89.9 Å². The molecule has 1 heterocycles. The molecule has 0 aliphatic carbocycles. The third-order valence-electron chi connectivity index (χ3n) is 5.00. The summed E-state index contributed by atoms with van der Waals surface area (Å²) in [5, 5.41) is 0. The van der Waals surface area contributed by atoms with Crippen molar-refractivity contribution in [3.63, 3.8) is 0 Å². The first-order valence-corrected chi connectivity index (χ1v) is 13.0. The van der Waals surface area contributed by atoms with Crippen molar-refractivity contribution in [3.8, 4) is 0 Å². The third-order valence-corrected chi connectivity index (χ3v) is 5.00. The fourth-order valence-electron chi connectivity index (χ4n) is 3.36. The second-order valence-corrected chi connectivity index (χ2v) is 8.96. The van der Waals surface area contributed by atoms with Crippen LogP contribution < -0.4 is 0 Å². The van der Waals surface area contributed by atoms with Gasteiger partial charge in [0.15, 0.2) is 0 Å². The zero-order valence-electron chi connectivity index (χ0n) is 18.5. The molecule has 1 aliphatic heterocycles. The molecule has 1 fully saturated rings. The van der Waals surface area contributed by atoms with E-state index in [1.54, 1.807) is 0 Å². The average molecular weight is 449 g/mol. The van der Waals surface area contributed by atoms with Crippen molar-refractivity contribution >= 4 is 19.8 Å². The van der Waals surface area contributed by atoms with Gasteiger partial charge in [0.1, 0.15) is 0 Å². The maximum atomic E-state index is 11.3. The highest BCUT2D eigenvalue weighted by Crippen LogP contribution is 2.25. The molecule has 0 bridgehead atoms. The average Bonchev–Trinajstić information content (AvgIpc) is 2.97. The Morgan fingerprint density at radius 1 is 0.833 bits per heavy atom. The number of cyclic esters (lactones) is 2. The number of carbonyl (C=O) groups excluding carboxylic acids is 2. The molecule has 1 unspecified atom stereocenters. The summed E-state index contributed by atoms with van der Waals surface area (Å²) < 4.78 is 13.4. The molecule has 0 aromatic rings. The monoisotopic (exact) mass is 448 g/mol. The summed E-state index contributed by atoms with van der Waals surface area (Å²) in [5.41, 5.74) is 0. The summed E-state index contributed by atoms with van der Waals surface area (Å²) in [6.45, 7) is 2.27. The Balaban J connectivity index is 0.00000150. The minimum absolute atomic E-state index is 0.216. The van der Waals surface area contributed by atoms with E-state index < -0.39 is 13.8 Å². The lowest BCUT2D eigenvalue weighted by Crippen LogP contribution is -2.03. The summed E-state index contributed by atoms with van der Waals surface area (Å²) >= 11 is 0. The first kappa shape index (κ1) is 29.0. The van der Waals surface area contributed by atoms with E-state index in [4.69, 9.17) is 19.2 Å². The van der Waals surface area contributed by atoms with Crippen LogP contribution >= 0.6 is 7.82 Å². The smallest absolute Gasteiger partial charge is 0.393 e. The van der Waals surface area contributed by atoms with Crippen LogP contribution in [-0.2, 0) is 18.9 Å². The van der Waals surface area contributed by atoms with Crippen molar-refractivity contribution in [1.29, 1.82) is 0 Å². The molecule has 0 aromatic carbocycles. The number of hydrogen-bond acceptors (Lipinski definition) is 4. The van der Waals surface area contributed by atoms with Crippen LogP contribution in [-0.4, -0.2) is 26.6 Å². The van der Waals surface area contributed by atoms with Crippen LogP contribution in [0.4, 0.5) is 0 Å². The van der Waals surface area contributed by atoms with Gasteiger partial charge in [0, 0.05) is 0 Å². The summed E-state index contributed by atoms with van der Waals surface area (Å²) in [4.78, 5) is 43.8. The van der Waals surface area contributed by atoms with E-state index in [0.717, 1.165) is 6.42 Å². The van der Waals surface area contributed by atoms with Gasteiger partial charge >= 0.3 is 19.8 Å². The Bertz CT molecular complexity index is 519. The lowest BCUT2D eigenvalue weighted by atomic mass is 10.0. The van der Waals surface area contributed by atoms with E-state index >= 15 is 0 Å². The number of carbonyl (C=O) groups is 2. The van der Waals surface area contributed by atoms with Gasteiger partial charge < -0.3 is 19.4 Å². The topological polar surface area (TPSA) is 121 Å². The Hall–Kier alpha value is -1.01. The molecule has 1 saturated heterocycles. The maximum absolute atomic E-state index is 11.3. The minimum atomic E-state index is -4.64. The van der Waals surface area contributed by atoms with Gasteiger partial charge in [-0.15, -0.1) is 0 Å². The second-order valence-electron chi connectivity index (χ2n) is 7.93. The molecular weight excluding hydrogens is 407 g/mol. The molecule has 0 saturated carbocycles. The first-order valence-electron chi connectivity index (χ1n) is 11.4. The van der Waals surface area contributed by atoms with E-state index in [1.807, 2.05) is 12.2 Å². The standard InChI is InChI=1S/C22H38O3.H3O4P/c1-2-3-4-5-6-7-8-9-10-11-12-13-14-15-16-17-18-20-19-21(23)25-22(20)24;1-5(2,3)4/h17-18,20H,2-16,19H2,1H3;(H3,1,2,3,4). The van der Waals surface area contributed by atoms with Crippen LogP contribution in [0, 0.1) is 5.92 Å². The van der Waals surface area contributed by atoms with Crippen molar-refractivity contribution in [3.05, 3.63) is 12.2 Å². The highest BCUT2D eigenvalue weighted by atomic mass is 31.2. The van der Waals surface area contributed by atoms with Gasteiger partial charge in [0.05, 0.1) is 12.3 Å². The Labute approximate surface area is 181 Å². The number of hydrogen-bond donors (Lipinski definition) is 3. The van der Waals surface area contributed by atoms with E-state index in [9.17, 15) is 9.59 Å². The zero-order chi connectivity index (χ0) is 22.7. The Kier molecular flexibility index (Phi) is 18.1. The van der Waals surface area contributed by atoms with Crippen LogP contribution in [0.15, 0.2) is 12.2 Å². The van der Waals surface area contributed by atoms with Gasteiger partial charge in [-0.3, -0.25) is 9.59 Å². The molecular formula is C22H41O7P. The number of phosphoric acid groups is 1. The van der Waals surface area contributed by atoms with Gasteiger partial charge in [-0.1, -0.05) is 103 Å². The summed E-state index contributed by atoms with van der Waals surface area (Å²) in [5.74, 6) is -1.11. The van der Waals surface area contributed by atoms with Crippen molar-refractivity contribution in [2.45, 2.75) is 110 Å². The molecule has 0 radical (unpaired) electrons. The largest absolute Gasteiger partial charge is 0.466 e. The fraction of sp³-hybridized carbons (Fsp3) is 0.818. The van der Waals surface area contributed by atoms with Gasteiger partial charge in [0.25, 0.3) is 0 Å². The van der Waals surface area contributed by atoms with E-state index in [2.05, 4.69) is 11.7 Å². The Morgan fingerprint density at radius 2 is 1.23 bits per heavy atom. The fourth-order valence-corrected chi connectivity index (χ4v) is 3.36. The molecule has 3 N–H and O–H groups in total. The second kappa shape index (κ2) is 18.7. The first-order chi connectivity index (χ1) is 14.2. The Morgan fingerprint density at radius 3 is 1.60 bits per heavy atom. The molecule has 7 nitrogen and oxygen atoms in total. The highest BCUT2D eigenvalue weighted by molar-refractivity contribution is 7.45. The zero-order valence-corrected chi connectivity index (χ0v) is 19.4. The number of rotatable bonds is 16. The quantitative estimate of drug-likeness (QED) is 0.0927. The molecule has 0 aromatic heterocycles. The van der Waals surface area contributed by atoms with Crippen LogP contribution in [0.1, 0.15) is 110 Å². The van der Waals surface area contributed by atoms with E-state index in [-0.39, 0.29) is 18.3 Å². The normalized spacial score (nSPS) is 16.6. The SMILES string of the molecule is CCCCCCCCCCCCCCCCC=CC1CC(=O)OC1=O.O=P(O)(O)O. The lowest BCUT2D eigenvalue weighted by molar-refractivity contribution is -0.152. The molecule has 0 amide bonds. The molecule has 8 heteroatoms. The predicted octanol–water partition coefficient (Wildman–Crippen LogP) is 5.58. The summed E-state index contributed by atoms with van der Waals surface area (Å²) in [7, 11) is -4.64. The van der Waals surface area contributed by atoms with Crippen LogP contribution in [0.25, 0.3) is 0 Å². The van der Waals surface area contributed by atoms with Gasteiger partial charge in [0.2, 0.25) is 0 Å².